The van der Waals surface area contributed by atoms with Crippen molar-refractivity contribution in [3.8, 4) is 0 Å². The number of amides is 1. The van der Waals surface area contributed by atoms with Gasteiger partial charge in [-0.1, -0.05) is 36.4 Å². The summed E-state index contributed by atoms with van der Waals surface area (Å²) in [5.41, 5.74) is 3.81. The third-order valence-corrected chi connectivity index (χ3v) is 4.12. The number of methoxy groups -OCH3 is 1. The quantitative estimate of drug-likeness (QED) is 0.641. The Labute approximate surface area is 151 Å². The maximum Gasteiger partial charge on any atom is 0.305 e. The molecular formula is C20H21N3O3. The highest BCUT2D eigenvalue weighted by atomic mass is 16.5. The fraction of sp³-hybridized carbons (Fsp3) is 0.250. The molecule has 0 radical (unpaired) electrons. The van der Waals surface area contributed by atoms with Gasteiger partial charge in [0.1, 0.15) is 5.82 Å². The fourth-order valence-corrected chi connectivity index (χ4v) is 2.69. The zero-order valence-corrected chi connectivity index (χ0v) is 14.6. The number of fused-ring (bicyclic) bond motifs is 1. The number of H-pyrrole nitrogens is 1. The summed E-state index contributed by atoms with van der Waals surface area (Å²) in [6, 6.07) is 15.4. The molecular weight excluding hydrogens is 330 g/mol. The first-order valence-electron chi connectivity index (χ1n) is 8.49. The second kappa shape index (κ2) is 8.29. The van der Waals surface area contributed by atoms with Gasteiger partial charge in [-0.2, -0.15) is 0 Å². The van der Waals surface area contributed by atoms with E-state index in [1.807, 2.05) is 48.5 Å². The number of carbonyl (C=O) groups is 2. The van der Waals surface area contributed by atoms with Crippen LogP contribution in [-0.4, -0.2) is 29.0 Å². The number of imidazole rings is 1. The Morgan fingerprint density at radius 1 is 1.08 bits per heavy atom. The van der Waals surface area contributed by atoms with Crippen LogP contribution in [0.3, 0.4) is 0 Å². The Morgan fingerprint density at radius 2 is 1.81 bits per heavy atom. The molecule has 0 atom stereocenters. The van der Waals surface area contributed by atoms with Crippen LogP contribution in [0.4, 0.5) is 0 Å². The lowest BCUT2D eigenvalue weighted by Gasteiger charge is -2.05. The van der Waals surface area contributed by atoms with Gasteiger partial charge in [-0.3, -0.25) is 9.59 Å². The minimum Gasteiger partial charge on any atom is -0.469 e. The van der Waals surface area contributed by atoms with Crippen molar-refractivity contribution in [3.63, 3.8) is 0 Å². The molecule has 0 aliphatic rings. The fourth-order valence-electron chi connectivity index (χ4n) is 2.69. The molecule has 0 fully saturated rings. The SMILES string of the molecule is COC(=O)CCc1ccc(CC(=O)NCc2nc3ccccc3[nH]2)cc1. The number of ether oxygens (including phenoxy) is 1. The van der Waals surface area contributed by atoms with E-state index in [0.717, 1.165) is 28.0 Å². The number of para-hydroxylation sites is 2. The third kappa shape index (κ3) is 4.69. The van der Waals surface area contributed by atoms with Crippen LogP contribution >= 0.6 is 0 Å². The van der Waals surface area contributed by atoms with Gasteiger partial charge >= 0.3 is 5.97 Å². The summed E-state index contributed by atoms with van der Waals surface area (Å²) < 4.78 is 4.63. The predicted molar refractivity (Wildman–Crippen MR) is 98.4 cm³/mol. The number of benzene rings is 2. The summed E-state index contributed by atoms with van der Waals surface area (Å²) >= 11 is 0. The molecule has 3 rings (SSSR count). The molecule has 0 bridgehead atoms. The number of hydrogen-bond acceptors (Lipinski definition) is 4. The van der Waals surface area contributed by atoms with Crippen molar-refractivity contribution in [2.24, 2.45) is 0 Å². The van der Waals surface area contributed by atoms with Gasteiger partial charge in [0.25, 0.3) is 0 Å². The van der Waals surface area contributed by atoms with Crippen LogP contribution in [0.15, 0.2) is 48.5 Å². The molecule has 26 heavy (non-hydrogen) atoms. The Bertz CT molecular complexity index is 867. The number of carbonyl (C=O) groups excluding carboxylic acids is 2. The summed E-state index contributed by atoms with van der Waals surface area (Å²) in [5, 5.41) is 2.88. The van der Waals surface area contributed by atoms with E-state index in [0.29, 0.717) is 25.8 Å². The lowest BCUT2D eigenvalue weighted by Crippen LogP contribution is -2.25. The molecule has 0 spiro atoms. The Balaban J connectivity index is 1.49. The monoisotopic (exact) mass is 351 g/mol. The van der Waals surface area contributed by atoms with Crippen LogP contribution in [0.25, 0.3) is 11.0 Å². The van der Waals surface area contributed by atoms with Crippen LogP contribution in [0.5, 0.6) is 0 Å². The largest absolute Gasteiger partial charge is 0.469 e. The number of aryl methyl sites for hydroxylation is 1. The van der Waals surface area contributed by atoms with Gasteiger partial charge in [0.2, 0.25) is 5.91 Å². The molecule has 2 N–H and O–H groups in total. The topological polar surface area (TPSA) is 84.1 Å². The van der Waals surface area contributed by atoms with Crippen LogP contribution < -0.4 is 5.32 Å². The summed E-state index contributed by atoms with van der Waals surface area (Å²) in [5.74, 6) is 0.449. The van der Waals surface area contributed by atoms with Gasteiger partial charge in [-0.15, -0.1) is 0 Å². The third-order valence-electron chi connectivity index (χ3n) is 4.12. The highest BCUT2D eigenvalue weighted by Gasteiger charge is 2.07. The predicted octanol–water partition coefficient (Wildman–Crippen LogP) is 2.53. The first-order chi connectivity index (χ1) is 12.6. The van der Waals surface area contributed by atoms with Gasteiger partial charge < -0.3 is 15.0 Å². The minimum atomic E-state index is -0.223. The molecule has 1 amide bonds. The second-order valence-corrected chi connectivity index (χ2v) is 6.05. The number of nitrogens with one attached hydrogen (secondary N) is 2. The van der Waals surface area contributed by atoms with E-state index in [9.17, 15) is 9.59 Å². The highest BCUT2D eigenvalue weighted by Crippen LogP contribution is 2.10. The molecule has 2 aromatic carbocycles. The molecule has 134 valence electrons. The van der Waals surface area contributed by atoms with E-state index >= 15 is 0 Å². The van der Waals surface area contributed by atoms with Crippen molar-refractivity contribution in [2.45, 2.75) is 25.8 Å². The zero-order valence-electron chi connectivity index (χ0n) is 14.6. The number of hydrogen-bond donors (Lipinski definition) is 2. The lowest BCUT2D eigenvalue weighted by molar-refractivity contribution is -0.140. The van der Waals surface area contributed by atoms with Crippen LogP contribution in [0, 0.1) is 0 Å². The van der Waals surface area contributed by atoms with Gasteiger partial charge in [-0.25, -0.2) is 4.98 Å². The molecule has 0 aliphatic heterocycles. The smallest absolute Gasteiger partial charge is 0.305 e. The van der Waals surface area contributed by atoms with E-state index in [4.69, 9.17) is 0 Å². The van der Waals surface area contributed by atoms with E-state index < -0.39 is 0 Å². The van der Waals surface area contributed by atoms with Gasteiger partial charge in [-0.05, 0) is 29.7 Å². The Hall–Kier alpha value is -3.15. The summed E-state index contributed by atoms with van der Waals surface area (Å²) in [4.78, 5) is 30.9. The van der Waals surface area contributed by atoms with E-state index in [2.05, 4.69) is 20.0 Å². The van der Waals surface area contributed by atoms with Crippen molar-refractivity contribution in [1.29, 1.82) is 0 Å². The molecule has 3 aromatic rings. The average Bonchev–Trinajstić information content (AvgIpc) is 3.08. The Kier molecular flexibility index (Phi) is 5.63. The normalized spacial score (nSPS) is 10.7. The summed E-state index contributed by atoms with van der Waals surface area (Å²) in [7, 11) is 1.38. The zero-order chi connectivity index (χ0) is 18.4. The molecule has 0 saturated carbocycles. The average molecular weight is 351 g/mol. The number of aromatic amines is 1. The number of nitrogens with zero attached hydrogens (tertiary/aromatic N) is 1. The molecule has 0 saturated heterocycles. The molecule has 6 nitrogen and oxygen atoms in total. The van der Waals surface area contributed by atoms with Gasteiger partial charge in [0, 0.05) is 6.42 Å². The molecule has 1 heterocycles. The van der Waals surface area contributed by atoms with E-state index in [-0.39, 0.29) is 11.9 Å². The summed E-state index contributed by atoms with van der Waals surface area (Å²) in [6.07, 6.45) is 1.29. The second-order valence-electron chi connectivity index (χ2n) is 6.05. The minimum absolute atomic E-state index is 0.0623. The van der Waals surface area contributed by atoms with Crippen molar-refractivity contribution in [3.05, 3.63) is 65.5 Å². The first kappa shape index (κ1) is 17.7. The van der Waals surface area contributed by atoms with Crippen LogP contribution in [-0.2, 0) is 33.7 Å². The maximum absolute atomic E-state index is 12.1. The number of esters is 1. The van der Waals surface area contributed by atoms with E-state index in [1.165, 1.54) is 7.11 Å². The lowest BCUT2D eigenvalue weighted by atomic mass is 10.1. The van der Waals surface area contributed by atoms with E-state index in [1.54, 1.807) is 0 Å². The Morgan fingerprint density at radius 3 is 2.54 bits per heavy atom. The maximum atomic E-state index is 12.1. The van der Waals surface area contributed by atoms with Crippen molar-refractivity contribution < 1.29 is 14.3 Å². The van der Waals surface area contributed by atoms with Gasteiger partial charge in [0.05, 0.1) is 31.1 Å². The highest BCUT2D eigenvalue weighted by molar-refractivity contribution is 5.79. The number of aromatic nitrogens is 2. The van der Waals surface area contributed by atoms with Crippen molar-refractivity contribution in [2.75, 3.05) is 7.11 Å². The van der Waals surface area contributed by atoms with Crippen LogP contribution in [0.1, 0.15) is 23.4 Å². The van der Waals surface area contributed by atoms with Crippen LogP contribution in [0.2, 0.25) is 0 Å². The summed E-state index contributed by atoms with van der Waals surface area (Å²) in [6.45, 7) is 0.366. The standard InChI is InChI=1S/C20H21N3O3/c1-26-20(25)11-10-14-6-8-15(9-7-14)12-19(24)21-13-18-22-16-4-2-3-5-17(16)23-18/h2-9H,10-13H2,1H3,(H,21,24)(H,22,23). The molecule has 0 aliphatic carbocycles. The van der Waals surface area contributed by atoms with Crippen molar-refractivity contribution in [1.82, 2.24) is 15.3 Å². The number of rotatable bonds is 7. The van der Waals surface area contributed by atoms with Crippen molar-refractivity contribution >= 4 is 22.9 Å². The van der Waals surface area contributed by atoms with Gasteiger partial charge in [0.15, 0.2) is 0 Å². The first-order valence-corrected chi connectivity index (χ1v) is 8.49. The molecule has 1 aromatic heterocycles. The molecule has 6 heteroatoms. The molecule has 0 unspecified atom stereocenters.